The third-order valence-corrected chi connectivity index (χ3v) is 5.02. The van der Waals surface area contributed by atoms with Crippen LogP contribution < -0.4 is 5.32 Å². The van der Waals surface area contributed by atoms with Gasteiger partial charge in [0.2, 0.25) is 5.91 Å². The number of hydrogen-bond donors (Lipinski definition) is 1. The summed E-state index contributed by atoms with van der Waals surface area (Å²) in [7, 11) is -0.839. The second-order valence-corrected chi connectivity index (χ2v) is 7.91. The minimum absolute atomic E-state index is 0.133. The Balaban J connectivity index is 2.10. The highest BCUT2D eigenvalue weighted by Gasteiger charge is 2.51. The van der Waals surface area contributed by atoms with Gasteiger partial charge >= 0.3 is 0 Å². The number of rotatable bonds is 5. The minimum Gasteiger partial charge on any atom is -0.325 e. The van der Waals surface area contributed by atoms with Gasteiger partial charge < -0.3 is 4.90 Å². The van der Waals surface area contributed by atoms with Crippen LogP contribution in [-0.4, -0.2) is 45.3 Å². The molecule has 1 saturated heterocycles. The highest BCUT2D eigenvalue weighted by Crippen LogP contribution is 2.37. The number of nitrogens with zero attached hydrogens (tertiary/aromatic N) is 1. The Kier molecular flexibility index (Phi) is 4.66. The van der Waals surface area contributed by atoms with Crippen molar-refractivity contribution in [3.8, 4) is 0 Å². The van der Waals surface area contributed by atoms with Crippen LogP contribution >= 0.6 is 0 Å². The maximum Gasteiger partial charge on any atom is 0.244 e. The summed E-state index contributed by atoms with van der Waals surface area (Å²) < 4.78 is 11.3. The zero-order valence-electron chi connectivity index (χ0n) is 12.3. The van der Waals surface area contributed by atoms with E-state index in [0.717, 1.165) is 32.1 Å². The average molecular weight is 286 g/mol. The molecule has 1 saturated carbocycles. The molecule has 0 aromatic rings. The van der Waals surface area contributed by atoms with Crippen LogP contribution in [0.2, 0.25) is 0 Å². The van der Waals surface area contributed by atoms with Crippen molar-refractivity contribution in [1.29, 1.82) is 0 Å². The van der Waals surface area contributed by atoms with Crippen LogP contribution in [0.5, 0.6) is 0 Å². The summed E-state index contributed by atoms with van der Waals surface area (Å²) in [6, 6.07) is 0. The van der Waals surface area contributed by atoms with Gasteiger partial charge in [-0.25, -0.2) is 0 Å². The summed E-state index contributed by atoms with van der Waals surface area (Å²) in [4.78, 5) is 14.6. The molecule has 2 atom stereocenters. The van der Waals surface area contributed by atoms with Gasteiger partial charge in [0.25, 0.3) is 0 Å². The molecule has 2 aliphatic rings. The van der Waals surface area contributed by atoms with Crippen molar-refractivity contribution in [2.75, 3.05) is 18.6 Å². The monoisotopic (exact) mass is 286 g/mol. The maximum absolute atomic E-state index is 12.7. The molecule has 1 aliphatic heterocycles. The fourth-order valence-electron chi connectivity index (χ4n) is 3.33. The Morgan fingerprint density at radius 2 is 2.05 bits per heavy atom. The van der Waals surface area contributed by atoms with E-state index in [-0.39, 0.29) is 17.6 Å². The van der Waals surface area contributed by atoms with Gasteiger partial charge in [0, 0.05) is 29.4 Å². The Morgan fingerprint density at radius 1 is 1.42 bits per heavy atom. The molecule has 1 aliphatic carbocycles. The predicted octanol–water partition coefficient (Wildman–Crippen LogP) is 1.48. The first kappa shape index (κ1) is 15.0. The van der Waals surface area contributed by atoms with Gasteiger partial charge in [-0.05, 0) is 25.2 Å². The van der Waals surface area contributed by atoms with E-state index in [4.69, 9.17) is 0 Å². The summed E-state index contributed by atoms with van der Waals surface area (Å²) in [6.07, 6.45) is 7.02. The van der Waals surface area contributed by atoms with E-state index in [1.165, 1.54) is 0 Å². The van der Waals surface area contributed by atoms with Gasteiger partial charge in [0.05, 0.1) is 11.7 Å². The summed E-state index contributed by atoms with van der Waals surface area (Å²) in [5.74, 6) is 1.38. The lowest BCUT2D eigenvalue weighted by Gasteiger charge is -2.25. The first-order valence-electron chi connectivity index (χ1n) is 7.33. The Labute approximate surface area is 118 Å². The van der Waals surface area contributed by atoms with Crippen molar-refractivity contribution >= 4 is 16.7 Å². The first-order chi connectivity index (χ1) is 8.94. The molecule has 2 rings (SSSR count). The molecular formula is C14H26N2O2S. The molecule has 0 aromatic carbocycles. The summed E-state index contributed by atoms with van der Waals surface area (Å²) >= 11 is 0. The lowest BCUT2D eigenvalue weighted by Crippen LogP contribution is -2.44. The van der Waals surface area contributed by atoms with Gasteiger partial charge in [-0.3, -0.25) is 14.3 Å². The second-order valence-electron chi connectivity index (χ2n) is 6.35. The van der Waals surface area contributed by atoms with Crippen LogP contribution in [0.3, 0.4) is 0 Å². The van der Waals surface area contributed by atoms with Crippen molar-refractivity contribution in [2.24, 2.45) is 5.92 Å². The van der Waals surface area contributed by atoms with E-state index in [1.54, 1.807) is 6.26 Å². The molecule has 1 amide bonds. The van der Waals surface area contributed by atoms with Crippen molar-refractivity contribution in [3.63, 3.8) is 0 Å². The zero-order valence-corrected chi connectivity index (χ0v) is 13.1. The van der Waals surface area contributed by atoms with Crippen molar-refractivity contribution in [1.82, 2.24) is 10.2 Å². The molecular weight excluding hydrogens is 260 g/mol. The molecule has 1 spiro atoms. The Hall–Kier alpha value is -0.420. The van der Waals surface area contributed by atoms with E-state index in [9.17, 15) is 9.00 Å². The van der Waals surface area contributed by atoms with Crippen molar-refractivity contribution in [2.45, 2.75) is 57.7 Å². The topological polar surface area (TPSA) is 49.4 Å². The summed E-state index contributed by atoms with van der Waals surface area (Å²) in [5.41, 5.74) is -0.297. The number of carbonyl (C=O) groups is 1. The van der Waals surface area contributed by atoms with E-state index >= 15 is 0 Å². The Bertz CT molecular complexity index is 364. The SMILES string of the molecule is CC(C)CC1NC2(CCCC2)C(=O)N1CCS(C)=O. The molecule has 0 radical (unpaired) electrons. The van der Waals surface area contributed by atoms with Gasteiger partial charge in [-0.2, -0.15) is 0 Å². The molecule has 2 unspecified atom stereocenters. The molecule has 1 heterocycles. The normalized spacial score (nSPS) is 27.7. The predicted molar refractivity (Wildman–Crippen MR) is 78.2 cm³/mol. The smallest absolute Gasteiger partial charge is 0.244 e. The van der Waals surface area contributed by atoms with Crippen LogP contribution in [0.15, 0.2) is 0 Å². The largest absolute Gasteiger partial charge is 0.325 e. The maximum atomic E-state index is 12.7. The quantitative estimate of drug-likeness (QED) is 0.833. The molecule has 19 heavy (non-hydrogen) atoms. The molecule has 0 bridgehead atoms. The number of amides is 1. The standard InChI is InChI=1S/C14H26N2O2S/c1-11(2)10-12-15-14(6-4-5-7-14)13(17)16(12)8-9-19(3)18/h11-12,15H,4-10H2,1-3H3. The fraction of sp³-hybridized carbons (Fsp3) is 0.929. The van der Waals surface area contributed by atoms with Crippen LogP contribution in [0.25, 0.3) is 0 Å². The van der Waals surface area contributed by atoms with E-state index < -0.39 is 10.8 Å². The minimum atomic E-state index is -0.839. The van der Waals surface area contributed by atoms with Gasteiger partial charge in [0.15, 0.2) is 0 Å². The fourth-order valence-corrected chi connectivity index (χ4v) is 3.78. The van der Waals surface area contributed by atoms with Crippen molar-refractivity contribution in [3.05, 3.63) is 0 Å². The first-order valence-corrected chi connectivity index (χ1v) is 9.06. The van der Waals surface area contributed by atoms with E-state index in [2.05, 4.69) is 19.2 Å². The molecule has 110 valence electrons. The lowest BCUT2D eigenvalue weighted by molar-refractivity contribution is -0.133. The number of hydrogen-bond acceptors (Lipinski definition) is 3. The van der Waals surface area contributed by atoms with Gasteiger partial charge in [-0.1, -0.05) is 26.7 Å². The third-order valence-electron chi connectivity index (χ3n) is 4.26. The highest BCUT2D eigenvalue weighted by molar-refractivity contribution is 7.84. The van der Waals surface area contributed by atoms with Gasteiger partial charge in [0.1, 0.15) is 0 Å². The zero-order chi connectivity index (χ0) is 14.0. The summed E-state index contributed by atoms with van der Waals surface area (Å²) in [6.45, 7) is 4.98. The van der Waals surface area contributed by atoms with Gasteiger partial charge in [-0.15, -0.1) is 0 Å². The lowest BCUT2D eigenvalue weighted by atomic mass is 9.98. The molecule has 0 aromatic heterocycles. The van der Waals surface area contributed by atoms with Crippen molar-refractivity contribution < 1.29 is 9.00 Å². The van der Waals surface area contributed by atoms with E-state index in [1.807, 2.05) is 4.90 Å². The summed E-state index contributed by atoms with van der Waals surface area (Å²) in [5, 5.41) is 3.60. The molecule has 4 nitrogen and oxygen atoms in total. The van der Waals surface area contributed by atoms with E-state index in [0.29, 0.717) is 18.2 Å². The number of nitrogens with one attached hydrogen (secondary N) is 1. The molecule has 1 N–H and O–H groups in total. The highest BCUT2D eigenvalue weighted by atomic mass is 32.2. The second kappa shape index (κ2) is 5.92. The van der Waals surface area contributed by atoms with Crippen LogP contribution in [0, 0.1) is 5.92 Å². The molecule has 2 fully saturated rings. The third kappa shape index (κ3) is 3.19. The Morgan fingerprint density at radius 3 is 2.58 bits per heavy atom. The average Bonchev–Trinajstić information content (AvgIpc) is 2.85. The van der Waals surface area contributed by atoms with Crippen LogP contribution in [0.4, 0.5) is 0 Å². The van der Waals surface area contributed by atoms with Crippen LogP contribution in [0.1, 0.15) is 46.0 Å². The van der Waals surface area contributed by atoms with Crippen LogP contribution in [-0.2, 0) is 15.6 Å². The number of carbonyl (C=O) groups excluding carboxylic acids is 1. The molecule has 5 heteroatoms.